The highest BCUT2D eigenvalue weighted by Gasteiger charge is 2.19. The van der Waals surface area contributed by atoms with Crippen LogP contribution in [-0.2, 0) is 13.1 Å². The summed E-state index contributed by atoms with van der Waals surface area (Å²) in [6.45, 7) is 0.569. The van der Waals surface area contributed by atoms with Gasteiger partial charge in [-0.1, -0.05) is 72.8 Å². The first-order chi connectivity index (χ1) is 18.8. The molecule has 0 atom stereocenters. The van der Waals surface area contributed by atoms with E-state index in [9.17, 15) is 9.59 Å². The lowest BCUT2D eigenvalue weighted by Crippen LogP contribution is -2.39. The predicted octanol–water partition coefficient (Wildman–Crippen LogP) is 5.62. The summed E-state index contributed by atoms with van der Waals surface area (Å²) in [6, 6.07) is 20.0. The van der Waals surface area contributed by atoms with Gasteiger partial charge in [-0.05, 0) is 71.8 Å². The van der Waals surface area contributed by atoms with E-state index in [4.69, 9.17) is 34.5 Å². The third-order valence-corrected chi connectivity index (χ3v) is 7.58. The molecule has 0 spiro atoms. The molecule has 0 unspecified atom stereocenters. The van der Waals surface area contributed by atoms with Crippen LogP contribution in [0.25, 0.3) is 0 Å². The Morgan fingerprint density at radius 3 is 2.23 bits per heavy atom. The van der Waals surface area contributed by atoms with Crippen molar-refractivity contribution >= 4 is 46.8 Å². The van der Waals surface area contributed by atoms with Gasteiger partial charge in [0.05, 0.1) is 16.6 Å². The Balaban J connectivity index is 1.53. The van der Waals surface area contributed by atoms with Crippen LogP contribution in [0.5, 0.6) is 0 Å². The number of hydrogen-bond acceptors (Lipinski definition) is 2. The van der Waals surface area contributed by atoms with Crippen molar-refractivity contribution in [2.24, 2.45) is 15.8 Å². The van der Waals surface area contributed by atoms with Crippen LogP contribution in [0.3, 0.4) is 0 Å². The molecule has 0 radical (unpaired) electrons. The van der Waals surface area contributed by atoms with Crippen molar-refractivity contribution in [3.8, 4) is 0 Å². The minimum absolute atomic E-state index is 0.270. The van der Waals surface area contributed by atoms with Crippen LogP contribution >= 0.6 is 23.2 Å². The molecule has 1 aliphatic rings. The topological polar surface area (TPSA) is 126 Å². The first-order valence-corrected chi connectivity index (χ1v) is 13.6. The first-order valence-electron chi connectivity index (χ1n) is 12.8. The molecule has 8 nitrogen and oxygen atoms in total. The summed E-state index contributed by atoms with van der Waals surface area (Å²) in [6.07, 6.45) is 6.22. The number of guanidine groups is 1. The number of carbonyl (C=O) groups is 2. The molecule has 1 aliphatic carbocycles. The zero-order valence-electron chi connectivity index (χ0n) is 21.4. The minimum atomic E-state index is -0.553. The number of nitrogens with zero attached hydrogens (tertiary/aromatic N) is 3. The van der Waals surface area contributed by atoms with Crippen molar-refractivity contribution in [2.45, 2.75) is 51.1 Å². The molecule has 10 heteroatoms. The molecule has 0 bridgehead atoms. The van der Waals surface area contributed by atoms with E-state index in [1.807, 2.05) is 18.2 Å². The summed E-state index contributed by atoms with van der Waals surface area (Å²) in [4.78, 5) is 31.0. The third-order valence-electron chi connectivity index (χ3n) is 6.84. The Morgan fingerprint density at radius 2 is 1.59 bits per heavy atom. The van der Waals surface area contributed by atoms with Crippen LogP contribution in [0.15, 0.2) is 76.8 Å². The Kier molecular flexibility index (Phi) is 9.68. The molecule has 3 aromatic rings. The summed E-state index contributed by atoms with van der Waals surface area (Å²) in [5, 5.41) is 7.05. The first kappa shape index (κ1) is 28.3. The fraction of sp³-hybridized carbons (Fsp3) is 0.276. The van der Waals surface area contributed by atoms with E-state index < -0.39 is 5.91 Å². The van der Waals surface area contributed by atoms with Crippen LogP contribution in [-0.4, -0.2) is 17.9 Å². The molecule has 39 heavy (non-hydrogen) atoms. The molecular weight excluding hydrogens is 535 g/mol. The maximum Gasteiger partial charge on any atom is 0.322 e. The highest BCUT2D eigenvalue weighted by molar-refractivity contribution is 6.42. The zero-order chi connectivity index (χ0) is 27.8. The molecule has 0 aliphatic heterocycles. The van der Waals surface area contributed by atoms with Gasteiger partial charge in [-0.2, -0.15) is 4.99 Å². The van der Waals surface area contributed by atoms with Gasteiger partial charge in [0.15, 0.2) is 0 Å². The standard InChI is InChI=1S/C29H30Cl2N6O2/c30-25-15-8-20(16-26(25)31)17-34-29(39)37(24-13-11-22(12-14-24)21-4-2-1-3-5-21)18-19-6-9-23(10-7-19)27(38)35-28(32)36-33/h6-16,21,33H,1-5,17-18H2,(H,34,39)(H2,32,35,38)/p+1. The zero-order valence-corrected chi connectivity index (χ0v) is 23.0. The van der Waals surface area contributed by atoms with Gasteiger partial charge in [0.1, 0.15) is 0 Å². The fourth-order valence-electron chi connectivity index (χ4n) is 4.70. The summed E-state index contributed by atoms with van der Waals surface area (Å²) >= 11 is 12.2. The number of aliphatic imine (C=N–C) groups is 1. The van der Waals surface area contributed by atoms with Crippen LogP contribution in [0.2, 0.25) is 10.0 Å². The van der Waals surface area contributed by atoms with Crippen molar-refractivity contribution in [1.82, 2.24) is 5.32 Å². The predicted molar refractivity (Wildman–Crippen MR) is 154 cm³/mol. The number of urea groups is 1. The van der Waals surface area contributed by atoms with Crippen molar-refractivity contribution < 1.29 is 15.1 Å². The van der Waals surface area contributed by atoms with Crippen LogP contribution in [0, 0.1) is 0 Å². The lowest BCUT2D eigenvalue weighted by Gasteiger charge is -2.26. The maximum absolute atomic E-state index is 13.4. The third kappa shape index (κ3) is 7.65. The van der Waals surface area contributed by atoms with E-state index in [1.54, 1.807) is 41.3 Å². The van der Waals surface area contributed by atoms with Crippen molar-refractivity contribution in [3.63, 3.8) is 0 Å². The molecule has 0 aromatic heterocycles. The molecule has 1 fully saturated rings. The Morgan fingerprint density at radius 1 is 0.923 bits per heavy atom. The SMILES string of the molecule is NC(N=[NH2+])=NC(=O)c1ccc(CN(C(=O)NCc2ccc(Cl)c(Cl)c2)c2ccc(C3CCCCC3)cc2)cc1. The van der Waals surface area contributed by atoms with Crippen molar-refractivity contribution in [1.29, 1.82) is 0 Å². The van der Waals surface area contributed by atoms with E-state index in [0.717, 1.165) is 16.8 Å². The summed E-state index contributed by atoms with van der Waals surface area (Å²) < 4.78 is 0. The molecular formula is C29H31Cl2N6O2+. The monoisotopic (exact) mass is 565 g/mol. The summed E-state index contributed by atoms with van der Waals surface area (Å²) in [5.74, 6) is -0.285. The summed E-state index contributed by atoms with van der Waals surface area (Å²) in [7, 11) is 0. The van der Waals surface area contributed by atoms with Crippen LogP contribution in [0.1, 0.15) is 65.1 Å². The molecule has 0 heterocycles. The fourth-order valence-corrected chi connectivity index (χ4v) is 5.02. The van der Waals surface area contributed by atoms with E-state index in [-0.39, 0.29) is 25.1 Å². The second-order valence-corrected chi connectivity index (χ2v) is 10.3. The average molecular weight is 567 g/mol. The van der Waals surface area contributed by atoms with Gasteiger partial charge >= 0.3 is 6.03 Å². The molecule has 3 aromatic carbocycles. The Hall–Kier alpha value is -3.75. The van der Waals surface area contributed by atoms with Crippen LogP contribution in [0.4, 0.5) is 10.5 Å². The van der Waals surface area contributed by atoms with E-state index >= 15 is 0 Å². The quantitative estimate of drug-likeness (QED) is 0.195. The summed E-state index contributed by atoms with van der Waals surface area (Å²) in [5.41, 5.74) is 14.5. The second-order valence-electron chi connectivity index (χ2n) is 9.52. The second kappa shape index (κ2) is 13.4. The highest BCUT2D eigenvalue weighted by atomic mass is 35.5. The normalized spacial score (nSPS) is 14.1. The number of rotatable bonds is 7. The van der Waals surface area contributed by atoms with E-state index in [2.05, 4.69) is 27.6 Å². The van der Waals surface area contributed by atoms with Gasteiger partial charge in [0.25, 0.3) is 11.9 Å². The van der Waals surface area contributed by atoms with E-state index in [1.165, 1.54) is 37.7 Å². The number of anilines is 1. The maximum atomic E-state index is 13.4. The van der Waals surface area contributed by atoms with E-state index in [0.29, 0.717) is 21.5 Å². The molecule has 202 valence electrons. The molecule has 5 N–H and O–H groups in total. The van der Waals surface area contributed by atoms with Crippen molar-refractivity contribution in [3.05, 3.63) is 99.0 Å². The number of hydrogen-bond donors (Lipinski definition) is 3. The Labute approximate surface area is 237 Å². The molecule has 3 amide bonds. The van der Waals surface area contributed by atoms with Crippen molar-refractivity contribution in [2.75, 3.05) is 4.90 Å². The smallest absolute Gasteiger partial charge is 0.322 e. The number of nitrogens with two attached hydrogens (primary N) is 2. The number of amides is 3. The average Bonchev–Trinajstić information content (AvgIpc) is 2.97. The molecule has 1 saturated carbocycles. The lowest BCUT2D eigenvalue weighted by molar-refractivity contribution is -0.207. The largest absolute Gasteiger partial charge is 0.363 e. The van der Waals surface area contributed by atoms with Gasteiger partial charge in [-0.15, -0.1) is 5.53 Å². The minimum Gasteiger partial charge on any atom is -0.363 e. The number of benzene rings is 3. The number of halogens is 2. The highest BCUT2D eigenvalue weighted by Crippen LogP contribution is 2.33. The molecule has 0 saturated heterocycles. The number of nitrogens with one attached hydrogen (secondary N) is 1. The van der Waals surface area contributed by atoms with Gasteiger partial charge in [0, 0.05) is 22.9 Å². The number of carbonyl (C=O) groups excluding carboxylic acids is 2. The van der Waals surface area contributed by atoms with Gasteiger partial charge in [0.2, 0.25) is 0 Å². The van der Waals surface area contributed by atoms with Gasteiger partial charge in [-0.3, -0.25) is 9.69 Å². The van der Waals surface area contributed by atoms with Crippen LogP contribution < -0.4 is 21.5 Å². The Bertz CT molecular complexity index is 1350. The lowest BCUT2D eigenvalue weighted by atomic mass is 9.84. The van der Waals surface area contributed by atoms with Gasteiger partial charge < -0.3 is 11.1 Å². The van der Waals surface area contributed by atoms with Gasteiger partial charge in [-0.25, -0.2) is 4.79 Å². The molecule has 4 rings (SSSR count).